The van der Waals surface area contributed by atoms with Crippen LogP contribution in [0.3, 0.4) is 0 Å². The number of nitrogens with one attached hydrogen (secondary N) is 2. The van der Waals surface area contributed by atoms with Crippen LogP contribution < -0.4 is 10.6 Å². The van der Waals surface area contributed by atoms with Gasteiger partial charge in [0, 0.05) is 37.2 Å². The molecule has 6 nitrogen and oxygen atoms in total. The normalized spacial score (nSPS) is 11.6. The first-order chi connectivity index (χ1) is 11.8. The van der Waals surface area contributed by atoms with Crippen molar-refractivity contribution in [1.82, 2.24) is 15.2 Å². The van der Waals surface area contributed by atoms with E-state index >= 15 is 0 Å². The van der Waals surface area contributed by atoms with Crippen molar-refractivity contribution in [3.8, 4) is 0 Å². The number of benzene rings is 1. The smallest absolute Gasteiger partial charge is 0.319 e. The molecule has 0 aliphatic carbocycles. The summed E-state index contributed by atoms with van der Waals surface area (Å²) in [5.41, 5.74) is 3.95. The van der Waals surface area contributed by atoms with E-state index in [9.17, 15) is 9.59 Å². The summed E-state index contributed by atoms with van der Waals surface area (Å²) >= 11 is 0. The molecule has 0 unspecified atom stereocenters. The molecule has 2 aromatic rings. The summed E-state index contributed by atoms with van der Waals surface area (Å²) in [5, 5.41) is 5.70. The largest absolute Gasteiger partial charge is 0.345 e. The van der Waals surface area contributed by atoms with Crippen molar-refractivity contribution in [1.29, 1.82) is 0 Å². The van der Waals surface area contributed by atoms with Crippen LogP contribution in [0.5, 0.6) is 0 Å². The minimum absolute atomic E-state index is 0.0698. The number of rotatable bonds is 4. The zero-order valence-electron chi connectivity index (χ0n) is 15.3. The van der Waals surface area contributed by atoms with Crippen molar-refractivity contribution >= 4 is 17.6 Å². The Kier molecular flexibility index (Phi) is 5.75. The van der Waals surface area contributed by atoms with Crippen molar-refractivity contribution in [3.63, 3.8) is 0 Å². The van der Waals surface area contributed by atoms with Gasteiger partial charge < -0.3 is 15.5 Å². The van der Waals surface area contributed by atoms with Gasteiger partial charge in [0.05, 0.1) is 6.04 Å². The molecule has 0 bridgehead atoms. The molecule has 2 rings (SSSR count). The predicted octanol–water partition coefficient (Wildman–Crippen LogP) is 3.28. The van der Waals surface area contributed by atoms with Crippen LogP contribution in [-0.4, -0.2) is 35.9 Å². The van der Waals surface area contributed by atoms with E-state index in [1.54, 1.807) is 38.5 Å². The average molecular weight is 340 g/mol. The Morgan fingerprint density at radius 2 is 1.84 bits per heavy atom. The highest BCUT2D eigenvalue weighted by Gasteiger charge is 2.13. The van der Waals surface area contributed by atoms with Crippen molar-refractivity contribution in [2.75, 3.05) is 19.4 Å². The highest BCUT2D eigenvalue weighted by Crippen LogP contribution is 2.18. The molecule has 0 aliphatic rings. The average Bonchev–Trinajstić information content (AvgIpc) is 2.56. The zero-order valence-corrected chi connectivity index (χ0v) is 15.3. The molecule has 1 atom stereocenters. The van der Waals surface area contributed by atoms with Gasteiger partial charge in [-0.25, -0.2) is 4.79 Å². The topological polar surface area (TPSA) is 74.3 Å². The molecule has 25 heavy (non-hydrogen) atoms. The van der Waals surface area contributed by atoms with Crippen molar-refractivity contribution in [2.45, 2.75) is 26.8 Å². The Labute approximate surface area is 148 Å². The second-order valence-electron chi connectivity index (χ2n) is 6.28. The molecule has 1 aromatic heterocycles. The quantitative estimate of drug-likeness (QED) is 0.897. The number of aromatic nitrogens is 1. The number of pyridine rings is 1. The Morgan fingerprint density at radius 1 is 1.12 bits per heavy atom. The van der Waals surface area contributed by atoms with Crippen LogP contribution in [0, 0.1) is 13.8 Å². The van der Waals surface area contributed by atoms with Crippen LogP contribution in [0.15, 0.2) is 36.5 Å². The fourth-order valence-corrected chi connectivity index (χ4v) is 2.37. The maximum atomic E-state index is 12.2. The minimum atomic E-state index is -0.303. The summed E-state index contributed by atoms with van der Waals surface area (Å²) in [5.74, 6) is -0.0698. The van der Waals surface area contributed by atoms with Gasteiger partial charge >= 0.3 is 6.03 Å². The van der Waals surface area contributed by atoms with E-state index < -0.39 is 0 Å². The van der Waals surface area contributed by atoms with Gasteiger partial charge in [-0.1, -0.05) is 6.07 Å². The number of carbonyl (C=O) groups is 2. The molecule has 3 amide bonds. The maximum absolute atomic E-state index is 12.2. The maximum Gasteiger partial charge on any atom is 0.319 e. The van der Waals surface area contributed by atoms with Gasteiger partial charge in [0.2, 0.25) is 0 Å². The number of carbonyl (C=O) groups excluding carboxylic acids is 2. The molecule has 1 aromatic carbocycles. The standard InChI is InChI=1S/C19H24N4O2/c1-12-10-15(18(24)23(4)5)8-9-17(12)22-19(25)21-14(3)16-7-6-13(2)20-11-16/h6-11,14H,1-5H3,(H2,21,22,25)/t14-/m0/s1. The molecular formula is C19H24N4O2. The number of aryl methyl sites for hydroxylation is 2. The Hall–Kier alpha value is -2.89. The van der Waals surface area contributed by atoms with Crippen LogP contribution in [0.2, 0.25) is 0 Å². The Balaban J connectivity index is 2.02. The number of nitrogens with zero attached hydrogens (tertiary/aromatic N) is 2. The van der Waals surface area contributed by atoms with E-state index in [1.807, 2.05) is 32.9 Å². The number of amides is 3. The van der Waals surface area contributed by atoms with Crippen LogP contribution in [-0.2, 0) is 0 Å². The second kappa shape index (κ2) is 7.79. The third-order valence-corrected chi connectivity index (χ3v) is 3.91. The molecule has 2 N–H and O–H groups in total. The summed E-state index contributed by atoms with van der Waals surface area (Å²) in [6.45, 7) is 5.68. The van der Waals surface area contributed by atoms with E-state index in [0.29, 0.717) is 11.3 Å². The lowest BCUT2D eigenvalue weighted by Gasteiger charge is -2.16. The van der Waals surface area contributed by atoms with E-state index in [4.69, 9.17) is 0 Å². The van der Waals surface area contributed by atoms with E-state index in [0.717, 1.165) is 16.8 Å². The third kappa shape index (κ3) is 4.79. The summed E-state index contributed by atoms with van der Waals surface area (Å²) in [6.07, 6.45) is 1.76. The fraction of sp³-hybridized carbons (Fsp3) is 0.316. The summed E-state index contributed by atoms with van der Waals surface area (Å²) in [6, 6.07) is 8.61. The van der Waals surface area contributed by atoms with Gasteiger partial charge in [-0.2, -0.15) is 0 Å². The van der Waals surface area contributed by atoms with Gasteiger partial charge in [0.15, 0.2) is 0 Å². The second-order valence-corrected chi connectivity index (χ2v) is 6.28. The lowest BCUT2D eigenvalue weighted by atomic mass is 10.1. The molecule has 0 saturated carbocycles. The van der Waals surface area contributed by atoms with Crippen LogP contribution >= 0.6 is 0 Å². The lowest BCUT2D eigenvalue weighted by Crippen LogP contribution is -2.31. The van der Waals surface area contributed by atoms with E-state index in [2.05, 4.69) is 15.6 Å². The van der Waals surface area contributed by atoms with Gasteiger partial charge in [-0.05, 0) is 56.2 Å². The molecule has 0 aliphatic heterocycles. The summed E-state index contributed by atoms with van der Waals surface area (Å²) in [7, 11) is 3.41. The number of urea groups is 1. The Morgan fingerprint density at radius 3 is 2.40 bits per heavy atom. The molecular weight excluding hydrogens is 316 g/mol. The highest BCUT2D eigenvalue weighted by atomic mass is 16.2. The van der Waals surface area contributed by atoms with Gasteiger partial charge in [0.25, 0.3) is 5.91 Å². The molecule has 0 spiro atoms. The van der Waals surface area contributed by atoms with Crippen LogP contribution in [0.1, 0.15) is 40.1 Å². The third-order valence-electron chi connectivity index (χ3n) is 3.91. The van der Waals surface area contributed by atoms with Crippen molar-refractivity contribution in [3.05, 3.63) is 58.9 Å². The predicted molar refractivity (Wildman–Crippen MR) is 98.7 cm³/mol. The van der Waals surface area contributed by atoms with Crippen molar-refractivity contribution < 1.29 is 9.59 Å². The molecule has 6 heteroatoms. The molecule has 0 radical (unpaired) electrons. The number of anilines is 1. The molecule has 0 fully saturated rings. The first-order valence-electron chi connectivity index (χ1n) is 8.10. The first-order valence-corrected chi connectivity index (χ1v) is 8.10. The van der Waals surface area contributed by atoms with Crippen LogP contribution in [0.4, 0.5) is 10.5 Å². The Bertz CT molecular complexity index is 769. The summed E-state index contributed by atoms with van der Waals surface area (Å²) in [4.78, 5) is 30.0. The van der Waals surface area contributed by atoms with Gasteiger partial charge in [-0.3, -0.25) is 9.78 Å². The highest BCUT2D eigenvalue weighted by molar-refractivity contribution is 5.96. The lowest BCUT2D eigenvalue weighted by molar-refractivity contribution is 0.0827. The number of hydrogen-bond donors (Lipinski definition) is 2. The molecule has 0 saturated heterocycles. The first kappa shape index (κ1) is 18.4. The summed E-state index contributed by atoms with van der Waals surface area (Å²) < 4.78 is 0. The minimum Gasteiger partial charge on any atom is -0.345 e. The van der Waals surface area contributed by atoms with Gasteiger partial charge in [0.1, 0.15) is 0 Å². The fourth-order valence-electron chi connectivity index (χ4n) is 2.37. The van der Waals surface area contributed by atoms with E-state index in [-0.39, 0.29) is 18.0 Å². The van der Waals surface area contributed by atoms with Gasteiger partial charge in [-0.15, -0.1) is 0 Å². The zero-order chi connectivity index (χ0) is 18.6. The van der Waals surface area contributed by atoms with Crippen LogP contribution in [0.25, 0.3) is 0 Å². The molecule has 132 valence electrons. The SMILES string of the molecule is Cc1ccc([C@H](C)NC(=O)Nc2ccc(C(=O)N(C)C)cc2C)cn1. The van der Waals surface area contributed by atoms with Crippen molar-refractivity contribution in [2.24, 2.45) is 0 Å². The van der Waals surface area contributed by atoms with E-state index in [1.165, 1.54) is 4.90 Å². The monoisotopic (exact) mass is 340 g/mol. The molecule has 1 heterocycles. The number of hydrogen-bond acceptors (Lipinski definition) is 3.